The lowest BCUT2D eigenvalue weighted by Crippen LogP contribution is -2.24. The second-order valence-corrected chi connectivity index (χ2v) is 9.85. The Balaban J connectivity index is 0.000000217. The number of aromatic hydroxyl groups is 1. The molecule has 9 nitrogen and oxygen atoms in total. The van der Waals surface area contributed by atoms with Gasteiger partial charge in [0.15, 0.2) is 0 Å². The van der Waals surface area contributed by atoms with Gasteiger partial charge in [0.25, 0.3) is 0 Å². The van der Waals surface area contributed by atoms with Gasteiger partial charge >= 0.3 is 23.9 Å². The molecule has 1 heterocycles. The lowest BCUT2D eigenvalue weighted by Gasteiger charge is -2.19. The molecule has 4 rings (SSSR count). The number of carboxylic acid groups (broad SMARTS) is 2. The number of hydrogen-bond acceptors (Lipinski definition) is 7. The molecule has 3 N–H and O–H groups in total. The molecular weight excluding hydrogens is 528 g/mol. The summed E-state index contributed by atoms with van der Waals surface area (Å²) in [6.45, 7) is 6.44. The molecule has 0 fully saturated rings. The molecule has 41 heavy (non-hydrogen) atoms. The lowest BCUT2D eigenvalue weighted by atomic mass is 9.98. The number of rotatable bonds is 7. The minimum atomic E-state index is -0.863. The Morgan fingerprint density at radius 1 is 0.854 bits per heavy atom. The first kappa shape index (κ1) is 32.6. The van der Waals surface area contributed by atoms with Crippen LogP contribution in [0.3, 0.4) is 0 Å². The highest BCUT2D eigenvalue weighted by molar-refractivity contribution is 5.77. The first-order valence-electron chi connectivity index (χ1n) is 13.2. The number of carbonyl (C=O) groups is 4. The van der Waals surface area contributed by atoms with Crippen molar-refractivity contribution in [3.8, 4) is 17.2 Å². The number of carbonyl (C=O) groups excluding carboxylic acids is 2. The van der Waals surface area contributed by atoms with E-state index in [0.29, 0.717) is 24.2 Å². The third-order valence-corrected chi connectivity index (χ3v) is 6.22. The highest BCUT2D eigenvalue weighted by atomic mass is 16.5. The molecule has 0 radical (unpaired) electrons. The van der Waals surface area contributed by atoms with Crippen LogP contribution in [0.25, 0.3) is 0 Å². The molecule has 0 amide bonds. The zero-order chi connectivity index (χ0) is 30.5. The molecule has 3 unspecified atom stereocenters. The van der Waals surface area contributed by atoms with Crippen LogP contribution in [0.2, 0.25) is 0 Å². The molecular formula is C32H36O9. The van der Waals surface area contributed by atoms with Gasteiger partial charge in [0.2, 0.25) is 0 Å². The van der Waals surface area contributed by atoms with E-state index in [4.69, 9.17) is 19.7 Å². The van der Waals surface area contributed by atoms with Crippen molar-refractivity contribution in [2.45, 2.75) is 47.0 Å². The van der Waals surface area contributed by atoms with Crippen molar-refractivity contribution in [2.24, 2.45) is 17.8 Å². The lowest BCUT2D eigenvalue weighted by molar-refractivity contribution is -0.142. The molecule has 3 aromatic carbocycles. The Labute approximate surface area is 239 Å². The summed E-state index contributed by atoms with van der Waals surface area (Å²) in [4.78, 5) is 43.2. The molecule has 1 aliphatic heterocycles. The van der Waals surface area contributed by atoms with Crippen LogP contribution in [-0.4, -0.2) is 39.2 Å². The number of benzene rings is 3. The predicted molar refractivity (Wildman–Crippen MR) is 152 cm³/mol. The number of phenols is 1. The van der Waals surface area contributed by atoms with Crippen LogP contribution in [0, 0.1) is 17.8 Å². The molecule has 0 spiro atoms. The smallest absolute Gasteiger partial charge is 0.314 e. The molecule has 1 aliphatic rings. The second kappa shape index (κ2) is 15.8. The SMILES string of the molecule is CC(=O)Oc1ccccc1CC(C)C(=O)O.CC(Cc1ccccc1O)C(=O)O.CC1Cc2ccccc2OC1=O. The van der Waals surface area contributed by atoms with E-state index >= 15 is 0 Å². The fourth-order valence-corrected chi connectivity index (χ4v) is 3.84. The van der Waals surface area contributed by atoms with Crippen LogP contribution in [0.1, 0.15) is 44.4 Å². The zero-order valence-corrected chi connectivity index (χ0v) is 23.6. The minimum Gasteiger partial charge on any atom is -0.508 e. The molecule has 0 aromatic heterocycles. The summed E-state index contributed by atoms with van der Waals surface area (Å²) in [5.41, 5.74) is 2.54. The van der Waals surface area contributed by atoms with Gasteiger partial charge in [0.05, 0.1) is 17.8 Å². The molecule has 218 valence electrons. The molecule has 3 atom stereocenters. The van der Waals surface area contributed by atoms with Crippen LogP contribution in [-0.2, 0) is 38.4 Å². The van der Waals surface area contributed by atoms with Gasteiger partial charge in [-0.25, -0.2) is 0 Å². The number of ether oxygens (including phenoxy) is 2. The van der Waals surface area contributed by atoms with Crippen molar-refractivity contribution in [3.63, 3.8) is 0 Å². The normalized spacial score (nSPS) is 14.8. The van der Waals surface area contributed by atoms with Crippen molar-refractivity contribution in [1.29, 1.82) is 0 Å². The summed E-state index contributed by atoms with van der Waals surface area (Å²) in [5.74, 6) is -1.88. The minimum absolute atomic E-state index is 0.0000926. The van der Waals surface area contributed by atoms with Gasteiger partial charge in [-0.1, -0.05) is 75.4 Å². The molecule has 0 saturated carbocycles. The van der Waals surface area contributed by atoms with E-state index in [-0.39, 0.29) is 17.6 Å². The fourth-order valence-electron chi connectivity index (χ4n) is 3.84. The Morgan fingerprint density at radius 2 is 1.37 bits per heavy atom. The summed E-state index contributed by atoms with van der Waals surface area (Å²) in [6.07, 6.45) is 1.51. The predicted octanol–water partition coefficient (Wildman–Crippen LogP) is 5.31. The molecule has 3 aromatic rings. The van der Waals surface area contributed by atoms with E-state index in [1.807, 2.05) is 31.2 Å². The Kier molecular flexibility index (Phi) is 12.6. The van der Waals surface area contributed by atoms with Crippen LogP contribution >= 0.6 is 0 Å². The average Bonchev–Trinajstić information content (AvgIpc) is 2.92. The van der Waals surface area contributed by atoms with E-state index in [1.165, 1.54) is 6.92 Å². The van der Waals surface area contributed by atoms with Crippen LogP contribution < -0.4 is 9.47 Å². The van der Waals surface area contributed by atoms with E-state index in [0.717, 1.165) is 23.3 Å². The maximum Gasteiger partial charge on any atom is 0.314 e. The standard InChI is InChI=1S/C12H14O4.C10H12O3.C10H10O2/c1-8(12(14)15)7-10-5-3-4-6-11(10)16-9(2)13;1-7(10(12)13)6-8-4-2-3-5-9(8)11;1-7-6-8-4-2-3-5-9(8)12-10(7)11/h3-6,8H,7H2,1-2H3,(H,14,15);2-5,7,11H,6H2,1H3,(H,12,13);2-5,7H,6H2,1H3. The summed E-state index contributed by atoms with van der Waals surface area (Å²) in [7, 11) is 0. The number of carboxylic acids is 2. The van der Waals surface area contributed by atoms with Gasteiger partial charge < -0.3 is 24.8 Å². The highest BCUT2D eigenvalue weighted by Crippen LogP contribution is 2.27. The summed E-state index contributed by atoms with van der Waals surface area (Å²) < 4.78 is 10.1. The first-order valence-corrected chi connectivity index (χ1v) is 13.2. The Bertz CT molecular complexity index is 1350. The van der Waals surface area contributed by atoms with Gasteiger partial charge in [-0.15, -0.1) is 0 Å². The van der Waals surface area contributed by atoms with E-state index in [1.54, 1.807) is 62.4 Å². The topological polar surface area (TPSA) is 147 Å². The quantitative estimate of drug-likeness (QED) is 0.256. The highest BCUT2D eigenvalue weighted by Gasteiger charge is 2.23. The third-order valence-electron chi connectivity index (χ3n) is 6.22. The molecule has 0 saturated heterocycles. The molecule has 9 heteroatoms. The van der Waals surface area contributed by atoms with Crippen molar-refractivity contribution >= 4 is 23.9 Å². The number of para-hydroxylation sites is 3. The number of phenolic OH excluding ortho intramolecular Hbond substituents is 1. The monoisotopic (exact) mass is 564 g/mol. The Morgan fingerprint density at radius 3 is 1.95 bits per heavy atom. The van der Waals surface area contributed by atoms with Crippen LogP contribution in [0.15, 0.2) is 72.8 Å². The van der Waals surface area contributed by atoms with Crippen molar-refractivity contribution in [1.82, 2.24) is 0 Å². The first-order chi connectivity index (χ1) is 19.4. The largest absolute Gasteiger partial charge is 0.508 e. The molecule has 0 bridgehead atoms. The third kappa shape index (κ3) is 10.8. The maximum absolute atomic E-state index is 11.1. The number of esters is 2. The van der Waals surface area contributed by atoms with E-state index in [2.05, 4.69) is 0 Å². The van der Waals surface area contributed by atoms with Gasteiger partial charge in [-0.2, -0.15) is 0 Å². The second-order valence-electron chi connectivity index (χ2n) is 9.85. The van der Waals surface area contributed by atoms with Crippen molar-refractivity contribution in [2.75, 3.05) is 0 Å². The zero-order valence-electron chi connectivity index (χ0n) is 23.6. The van der Waals surface area contributed by atoms with Crippen LogP contribution in [0.5, 0.6) is 17.2 Å². The summed E-state index contributed by atoms with van der Waals surface area (Å²) in [5, 5.41) is 26.8. The number of fused-ring (bicyclic) bond motifs is 1. The average molecular weight is 565 g/mol. The van der Waals surface area contributed by atoms with Gasteiger partial charge in [-0.05, 0) is 54.2 Å². The summed E-state index contributed by atoms with van der Waals surface area (Å²) in [6, 6.07) is 21.4. The van der Waals surface area contributed by atoms with Crippen LogP contribution in [0.4, 0.5) is 0 Å². The summed E-state index contributed by atoms with van der Waals surface area (Å²) >= 11 is 0. The fraction of sp³-hybridized carbons (Fsp3) is 0.312. The van der Waals surface area contributed by atoms with Gasteiger partial charge in [0.1, 0.15) is 17.2 Å². The maximum atomic E-state index is 11.1. The van der Waals surface area contributed by atoms with Crippen molar-refractivity contribution < 1.29 is 44.0 Å². The van der Waals surface area contributed by atoms with Gasteiger partial charge in [0, 0.05) is 6.92 Å². The van der Waals surface area contributed by atoms with E-state index in [9.17, 15) is 24.3 Å². The van der Waals surface area contributed by atoms with E-state index < -0.39 is 29.7 Å². The Hall–Kier alpha value is -4.66. The number of aliphatic carboxylic acids is 2. The van der Waals surface area contributed by atoms with Crippen molar-refractivity contribution in [3.05, 3.63) is 89.5 Å². The van der Waals surface area contributed by atoms with Gasteiger partial charge in [-0.3, -0.25) is 19.2 Å². The number of hydrogen-bond donors (Lipinski definition) is 3. The molecule has 0 aliphatic carbocycles.